The number of nitrogens with zero attached hydrogens (tertiary/aromatic N) is 1. The molecule has 1 aliphatic rings. The molecule has 2 aromatic carbocycles. The average Bonchev–Trinajstić information content (AvgIpc) is 2.98. The van der Waals surface area contributed by atoms with Crippen molar-refractivity contribution in [2.45, 2.75) is 6.42 Å². The molecule has 8 heteroatoms. The van der Waals surface area contributed by atoms with Crippen molar-refractivity contribution < 1.29 is 28.6 Å². The van der Waals surface area contributed by atoms with Gasteiger partial charge in [0, 0.05) is 31.9 Å². The summed E-state index contributed by atoms with van der Waals surface area (Å²) < 4.78 is 15.4. The second-order valence-electron chi connectivity index (χ2n) is 6.39. The Labute approximate surface area is 168 Å². The number of rotatable bonds is 8. The van der Waals surface area contributed by atoms with Crippen LogP contribution in [0.2, 0.25) is 0 Å². The zero-order valence-corrected chi connectivity index (χ0v) is 16.5. The van der Waals surface area contributed by atoms with Crippen LogP contribution in [0.15, 0.2) is 36.4 Å². The van der Waals surface area contributed by atoms with Crippen molar-refractivity contribution in [3.63, 3.8) is 0 Å². The van der Waals surface area contributed by atoms with Gasteiger partial charge in [-0.2, -0.15) is 0 Å². The van der Waals surface area contributed by atoms with Crippen molar-refractivity contribution in [2.75, 3.05) is 39.8 Å². The summed E-state index contributed by atoms with van der Waals surface area (Å²) in [4.78, 5) is 39.0. The molecule has 1 aliphatic heterocycles. The first kappa shape index (κ1) is 20.3. The van der Waals surface area contributed by atoms with Crippen LogP contribution in [0.1, 0.15) is 37.5 Å². The molecule has 8 nitrogen and oxygen atoms in total. The molecule has 0 saturated heterocycles. The van der Waals surface area contributed by atoms with Crippen molar-refractivity contribution in [3.05, 3.63) is 53.1 Å². The van der Waals surface area contributed by atoms with Gasteiger partial charge in [0.25, 0.3) is 17.7 Å². The van der Waals surface area contributed by atoms with Gasteiger partial charge in [-0.15, -0.1) is 0 Å². The molecule has 152 valence electrons. The third kappa shape index (κ3) is 4.07. The zero-order chi connectivity index (χ0) is 21.0. The number of imide groups is 1. The Bertz CT molecular complexity index is 956. The van der Waals surface area contributed by atoms with Crippen LogP contribution in [0.4, 0.5) is 5.69 Å². The number of fused-ring (bicyclic) bond motifs is 1. The predicted octanol–water partition coefficient (Wildman–Crippen LogP) is 2.59. The number of carbonyl (C=O) groups excluding carboxylic acids is 3. The number of amides is 3. The molecule has 0 aromatic heterocycles. The van der Waals surface area contributed by atoms with E-state index in [1.165, 1.54) is 37.3 Å². The lowest BCUT2D eigenvalue weighted by Gasteiger charge is -2.12. The van der Waals surface area contributed by atoms with E-state index in [0.717, 1.165) is 0 Å². The molecule has 1 N–H and O–H groups in total. The summed E-state index contributed by atoms with van der Waals surface area (Å²) in [7, 11) is 4.58. The van der Waals surface area contributed by atoms with Gasteiger partial charge in [0.05, 0.1) is 31.0 Å². The van der Waals surface area contributed by atoms with Gasteiger partial charge in [0.15, 0.2) is 0 Å². The standard InChI is InChI=1S/C21H22N2O6/c1-27-10-4-9-23-20(25)15-7-5-13(11-16(15)21(23)26)19(24)22-17-12-14(28-2)6-8-18(17)29-3/h5-8,11-12H,4,9-10H2,1-3H3,(H,22,24). The lowest BCUT2D eigenvalue weighted by atomic mass is 10.1. The molecule has 0 atom stereocenters. The minimum Gasteiger partial charge on any atom is -0.497 e. The van der Waals surface area contributed by atoms with E-state index in [-0.39, 0.29) is 23.6 Å². The van der Waals surface area contributed by atoms with Gasteiger partial charge >= 0.3 is 0 Å². The van der Waals surface area contributed by atoms with E-state index in [2.05, 4.69) is 5.32 Å². The molecule has 0 radical (unpaired) electrons. The number of carbonyl (C=O) groups is 3. The van der Waals surface area contributed by atoms with Gasteiger partial charge < -0.3 is 19.5 Å². The van der Waals surface area contributed by atoms with Gasteiger partial charge in [-0.25, -0.2) is 0 Å². The van der Waals surface area contributed by atoms with Crippen molar-refractivity contribution in [1.82, 2.24) is 4.90 Å². The minimum atomic E-state index is -0.433. The summed E-state index contributed by atoms with van der Waals surface area (Å²) in [6.07, 6.45) is 0.547. The van der Waals surface area contributed by atoms with Gasteiger partial charge in [0.1, 0.15) is 11.5 Å². The molecule has 2 aromatic rings. The van der Waals surface area contributed by atoms with Gasteiger partial charge in [0.2, 0.25) is 0 Å². The van der Waals surface area contributed by atoms with E-state index in [4.69, 9.17) is 14.2 Å². The van der Waals surface area contributed by atoms with Crippen molar-refractivity contribution in [3.8, 4) is 11.5 Å². The van der Waals surface area contributed by atoms with E-state index in [9.17, 15) is 14.4 Å². The lowest BCUT2D eigenvalue weighted by Crippen LogP contribution is -2.31. The van der Waals surface area contributed by atoms with Gasteiger partial charge in [-0.1, -0.05) is 0 Å². The van der Waals surface area contributed by atoms with Crippen LogP contribution in [-0.4, -0.2) is 57.1 Å². The Morgan fingerprint density at radius 1 is 0.966 bits per heavy atom. The Morgan fingerprint density at radius 3 is 2.41 bits per heavy atom. The number of anilines is 1. The highest BCUT2D eigenvalue weighted by molar-refractivity contribution is 6.22. The summed E-state index contributed by atoms with van der Waals surface area (Å²) in [5.41, 5.74) is 1.20. The van der Waals surface area contributed by atoms with Crippen LogP contribution in [0.25, 0.3) is 0 Å². The zero-order valence-electron chi connectivity index (χ0n) is 16.5. The maximum atomic E-state index is 12.7. The number of methoxy groups -OCH3 is 3. The molecule has 0 fully saturated rings. The molecule has 0 bridgehead atoms. The average molecular weight is 398 g/mol. The first-order valence-electron chi connectivity index (χ1n) is 9.02. The third-order valence-corrected chi connectivity index (χ3v) is 4.62. The smallest absolute Gasteiger partial charge is 0.261 e. The minimum absolute atomic E-state index is 0.220. The van der Waals surface area contributed by atoms with E-state index >= 15 is 0 Å². The Balaban J connectivity index is 1.82. The molecule has 3 amide bonds. The van der Waals surface area contributed by atoms with Crippen LogP contribution in [0.5, 0.6) is 11.5 Å². The topological polar surface area (TPSA) is 94.2 Å². The number of hydrogen-bond donors (Lipinski definition) is 1. The highest BCUT2D eigenvalue weighted by Crippen LogP contribution is 2.30. The SMILES string of the molecule is COCCCN1C(=O)c2ccc(C(=O)Nc3cc(OC)ccc3OC)cc2C1=O. The van der Waals surface area contributed by atoms with E-state index in [1.807, 2.05) is 0 Å². The molecule has 0 spiro atoms. The molecule has 3 rings (SSSR count). The highest BCUT2D eigenvalue weighted by Gasteiger charge is 2.35. The second kappa shape index (κ2) is 8.74. The van der Waals surface area contributed by atoms with Crippen LogP contribution in [0, 0.1) is 0 Å². The molecular weight excluding hydrogens is 376 g/mol. The fourth-order valence-corrected chi connectivity index (χ4v) is 3.11. The van der Waals surface area contributed by atoms with Crippen LogP contribution >= 0.6 is 0 Å². The third-order valence-electron chi connectivity index (χ3n) is 4.62. The van der Waals surface area contributed by atoms with Crippen molar-refractivity contribution in [2.24, 2.45) is 0 Å². The first-order chi connectivity index (χ1) is 14.0. The summed E-state index contributed by atoms with van der Waals surface area (Å²) in [5, 5.41) is 2.75. The predicted molar refractivity (Wildman–Crippen MR) is 106 cm³/mol. The van der Waals surface area contributed by atoms with Crippen LogP contribution in [0.3, 0.4) is 0 Å². The fourth-order valence-electron chi connectivity index (χ4n) is 3.11. The normalized spacial score (nSPS) is 12.7. The molecular formula is C21H22N2O6. The highest BCUT2D eigenvalue weighted by atomic mass is 16.5. The molecule has 0 saturated carbocycles. The van der Waals surface area contributed by atoms with E-state index < -0.39 is 11.8 Å². The molecule has 1 heterocycles. The lowest BCUT2D eigenvalue weighted by molar-refractivity contribution is 0.0638. The maximum Gasteiger partial charge on any atom is 0.261 e. The van der Waals surface area contributed by atoms with Crippen LogP contribution in [-0.2, 0) is 4.74 Å². The molecule has 29 heavy (non-hydrogen) atoms. The summed E-state index contributed by atoms with van der Waals surface area (Å²) in [6, 6.07) is 9.49. The largest absolute Gasteiger partial charge is 0.497 e. The van der Waals surface area contributed by atoms with Gasteiger partial charge in [-0.05, 0) is 36.8 Å². The van der Waals surface area contributed by atoms with Crippen molar-refractivity contribution >= 4 is 23.4 Å². The summed E-state index contributed by atoms with van der Waals surface area (Å²) >= 11 is 0. The maximum absolute atomic E-state index is 12.7. The Morgan fingerprint density at radius 2 is 1.72 bits per heavy atom. The van der Waals surface area contributed by atoms with Crippen LogP contribution < -0.4 is 14.8 Å². The first-order valence-corrected chi connectivity index (χ1v) is 9.02. The number of hydrogen-bond acceptors (Lipinski definition) is 6. The fraction of sp³-hybridized carbons (Fsp3) is 0.286. The molecule has 0 unspecified atom stereocenters. The Hall–Kier alpha value is -3.39. The molecule has 0 aliphatic carbocycles. The summed E-state index contributed by atoms with van der Waals surface area (Å²) in [5.74, 6) is -0.173. The van der Waals surface area contributed by atoms with E-state index in [1.54, 1.807) is 25.3 Å². The van der Waals surface area contributed by atoms with Gasteiger partial charge in [-0.3, -0.25) is 19.3 Å². The monoisotopic (exact) mass is 398 g/mol. The Kier molecular flexibility index (Phi) is 6.13. The number of ether oxygens (including phenoxy) is 3. The quantitative estimate of drug-likeness (QED) is 0.543. The number of nitrogens with one attached hydrogen (secondary N) is 1. The van der Waals surface area contributed by atoms with Crippen molar-refractivity contribution in [1.29, 1.82) is 0 Å². The van der Waals surface area contributed by atoms with E-state index in [0.29, 0.717) is 35.8 Å². The number of benzene rings is 2. The summed E-state index contributed by atoms with van der Waals surface area (Å²) in [6.45, 7) is 0.714. The second-order valence-corrected chi connectivity index (χ2v) is 6.39.